The molecule has 0 unspecified atom stereocenters. The topological polar surface area (TPSA) is 67.6 Å². The Labute approximate surface area is 152 Å². The molecule has 26 heavy (non-hydrogen) atoms. The quantitative estimate of drug-likeness (QED) is 0.594. The van der Waals surface area contributed by atoms with Crippen LogP contribution in [0.5, 0.6) is 0 Å². The molecule has 0 fully saturated rings. The SMILES string of the molecule is C[C@H](N)c1ccc2c(c1)ncn2-c1cccc(-c2ccccc2C#N)c1. The number of benzene rings is 3. The molecule has 3 aromatic carbocycles. The van der Waals surface area contributed by atoms with Crippen LogP contribution in [0.4, 0.5) is 0 Å². The highest BCUT2D eigenvalue weighted by Gasteiger charge is 2.09. The smallest absolute Gasteiger partial charge is 0.100 e. The van der Waals surface area contributed by atoms with E-state index >= 15 is 0 Å². The first-order chi connectivity index (χ1) is 12.7. The fourth-order valence-electron chi connectivity index (χ4n) is 3.17. The molecule has 0 radical (unpaired) electrons. The van der Waals surface area contributed by atoms with Crippen molar-refractivity contribution in [3.8, 4) is 22.9 Å². The Balaban J connectivity index is 1.83. The zero-order valence-electron chi connectivity index (χ0n) is 14.4. The normalized spacial score (nSPS) is 12.0. The number of nitriles is 1. The summed E-state index contributed by atoms with van der Waals surface area (Å²) in [6, 6.07) is 24.2. The van der Waals surface area contributed by atoms with Gasteiger partial charge in [-0.25, -0.2) is 4.98 Å². The average Bonchev–Trinajstić information content (AvgIpc) is 3.11. The summed E-state index contributed by atoms with van der Waals surface area (Å²) in [7, 11) is 0. The van der Waals surface area contributed by atoms with E-state index in [0.717, 1.165) is 33.4 Å². The molecule has 0 aliphatic rings. The van der Waals surface area contributed by atoms with Crippen molar-refractivity contribution in [1.82, 2.24) is 9.55 Å². The summed E-state index contributed by atoms with van der Waals surface area (Å²) in [5.74, 6) is 0. The number of hydrogen-bond donors (Lipinski definition) is 1. The Hall–Kier alpha value is -3.42. The third kappa shape index (κ3) is 2.75. The van der Waals surface area contributed by atoms with Gasteiger partial charge in [-0.3, -0.25) is 4.57 Å². The molecule has 0 saturated heterocycles. The zero-order chi connectivity index (χ0) is 18.1. The van der Waals surface area contributed by atoms with Gasteiger partial charge in [0.1, 0.15) is 6.33 Å². The van der Waals surface area contributed by atoms with Crippen molar-refractivity contribution in [2.24, 2.45) is 5.73 Å². The number of fused-ring (bicyclic) bond motifs is 1. The van der Waals surface area contributed by atoms with E-state index in [0.29, 0.717) is 5.56 Å². The maximum Gasteiger partial charge on any atom is 0.100 e. The van der Waals surface area contributed by atoms with Gasteiger partial charge in [0.2, 0.25) is 0 Å². The van der Waals surface area contributed by atoms with Gasteiger partial charge in [0.05, 0.1) is 22.7 Å². The first-order valence-electron chi connectivity index (χ1n) is 8.50. The Kier molecular flexibility index (Phi) is 4.00. The fourth-order valence-corrected chi connectivity index (χ4v) is 3.17. The molecule has 4 aromatic rings. The third-order valence-electron chi connectivity index (χ3n) is 4.58. The van der Waals surface area contributed by atoms with Gasteiger partial charge < -0.3 is 5.73 Å². The van der Waals surface area contributed by atoms with Gasteiger partial charge in [-0.15, -0.1) is 0 Å². The summed E-state index contributed by atoms with van der Waals surface area (Å²) in [4.78, 5) is 4.53. The van der Waals surface area contributed by atoms with Crippen molar-refractivity contribution in [1.29, 1.82) is 5.26 Å². The lowest BCUT2D eigenvalue weighted by Crippen LogP contribution is -2.04. The molecular weight excluding hydrogens is 320 g/mol. The molecular formula is C22H18N4. The van der Waals surface area contributed by atoms with Crippen LogP contribution in [0.3, 0.4) is 0 Å². The highest BCUT2D eigenvalue weighted by molar-refractivity contribution is 5.79. The summed E-state index contributed by atoms with van der Waals surface area (Å²) >= 11 is 0. The predicted octanol–water partition coefficient (Wildman–Crippen LogP) is 4.58. The van der Waals surface area contributed by atoms with Crippen LogP contribution >= 0.6 is 0 Å². The molecule has 4 heteroatoms. The lowest BCUT2D eigenvalue weighted by molar-refractivity contribution is 0.819. The van der Waals surface area contributed by atoms with Crippen molar-refractivity contribution in [3.63, 3.8) is 0 Å². The Morgan fingerprint density at radius 1 is 1.04 bits per heavy atom. The van der Waals surface area contributed by atoms with Gasteiger partial charge in [0.25, 0.3) is 0 Å². The molecule has 0 aliphatic heterocycles. The van der Waals surface area contributed by atoms with E-state index in [1.807, 2.05) is 67.8 Å². The molecule has 1 atom stereocenters. The van der Waals surface area contributed by atoms with Crippen molar-refractivity contribution in [3.05, 3.63) is 84.2 Å². The van der Waals surface area contributed by atoms with Crippen LogP contribution in [-0.2, 0) is 0 Å². The van der Waals surface area contributed by atoms with Gasteiger partial charge in [-0.2, -0.15) is 5.26 Å². The van der Waals surface area contributed by atoms with E-state index in [2.05, 4.69) is 27.8 Å². The van der Waals surface area contributed by atoms with Crippen molar-refractivity contribution < 1.29 is 0 Å². The fraction of sp³-hybridized carbons (Fsp3) is 0.0909. The molecule has 0 spiro atoms. The first kappa shape index (κ1) is 16.1. The van der Waals surface area contributed by atoms with Crippen LogP contribution in [0.15, 0.2) is 73.1 Å². The number of rotatable bonds is 3. The summed E-state index contributed by atoms with van der Waals surface area (Å²) in [6.45, 7) is 1.97. The molecule has 2 N–H and O–H groups in total. The van der Waals surface area contributed by atoms with Crippen molar-refractivity contribution in [2.45, 2.75) is 13.0 Å². The Morgan fingerprint density at radius 3 is 2.69 bits per heavy atom. The van der Waals surface area contributed by atoms with Gasteiger partial charge in [0.15, 0.2) is 0 Å². The molecule has 1 aromatic heterocycles. The second-order valence-electron chi connectivity index (χ2n) is 6.36. The number of aromatic nitrogens is 2. The second kappa shape index (κ2) is 6.47. The minimum Gasteiger partial charge on any atom is -0.324 e. The van der Waals surface area contributed by atoms with E-state index < -0.39 is 0 Å². The van der Waals surface area contributed by atoms with E-state index in [1.54, 1.807) is 0 Å². The standard InChI is InChI=1S/C22H18N4/c1-15(24)16-9-10-22-21(12-16)25-14-26(22)19-7-4-6-17(11-19)20-8-3-2-5-18(20)13-23/h2-12,14-15H,24H2,1H3/t15-/m0/s1. The Morgan fingerprint density at radius 2 is 1.88 bits per heavy atom. The average molecular weight is 338 g/mol. The van der Waals surface area contributed by atoms with Gasteiger partial charge >= 0.3 is 0 Å². The van der Waals surface area contributed by atoms with Gasteiger partial charge in [0, 0.05) is 11.7 Å². The molecule has 4 nitrogen and oxygen atoms in total. The lowest BCUT2D eigenvalue weighted by atomic mass is 10.00. The predicted molar refractivity (Wildman–Crippen MR) is 104 cm³/mol. The van der Waals surface area contributed by atoms with Crippen LogP contribution in [0, 0.1) is 11.3 Å². The Bertz CT molecular complexity index is 1130. The van der Waals surface area contributed by atoms with Crippen LogP contribution < -0.4 is 5.73 Å². The molecule has 0 saturated carbocycles. The van der Waals surface area contributed by atoms with E-state index in [-0.39, 0.29) is 6.04 Å². The van der Waals surface area contributed by atoms with Gasteiger partial charge in [-0.05, 0) is 53.9 Å². The van der Waals surface area contributed by atoms with Crippen LogP contribution in [0.2, 0.25) is 0 Å². The molecule has 1 heterocycles. The van der Waals surface area contributed by atoms with E-state index in [1.165, 1.54) is 0 Å². The molecule has 0 aliphatic carbocycles. The van der Waals surface area contributed by atoms with Crippen LogP contribution in [0.25, 0.3) is 27.8 Å². The summed E-state index contributed by atoms with van der Waals surface area (Å²) in [5, 5.41) is 9.37. The van der Waals surface area contributed by atoms with Crippen LogP contribution in [0.1, 0.15) is 24.1 Å². The maximum atomic E-state index is 9.37. The lowest BCUT2D eigenvalue weighted by Gasteiger charge is -2.10. The summed E-state index contributed by atoms with van der Waals surface area (Å²) < 4.78 is 2.05. The van der Waals surface area contributed by atoms with Crippen molar-refractivity contribution in [2.75, 3.05) is 0 Å². The minimum absolute atomic E-state index is 0.0182. The molecule has 126 valence electrons. The highest BCUT2D eigenvalue weighted by Crippen LogP contribution is 2.27. The van der Waals surface area contributed by atoms with Crippen LogP contribution in [-0.4, -0.2) is 9.55 Å². The maximum absolute atomic E-state index is 9.37. The second-order valence-corrected chi connectivity index (χ2v) is 6.36. The number of nitrogens with two attached hydrogens (primary N) is 1. The highest BCUT2D eigenvalue weighted by atomic mass is 15.0. The number of nitrogens with zero attached hydrogens (tertiary/aromatic N) is 3. The zero-order valence-corrected chi connectivity index (χ0v) is 14.4. The first-order valence-corrected chi connectivity index (χ1v) is 8.50. The summed E-state index contributed by atoms with van der Waals surface area (Å²) in [5.41, 5.74) is 12.6. The van der Waals surface area contributed by atoms with Gasteiger partial charge in [-0.1, -0.05) is 36.4 Å². The largest absolute Gasteiger partial charge is 0.324 e. The number of imidazole rings is 1. The minimum atomic E-state index is -0.0182. The third-order valence-corrected chi connectivity index (χ3v) is 4.58. The molecule has 4 rings (SSSR count). The molecule has 0 bridgehead atoms. The molecule has 0 amide bonds. The summed E-state index contributed by atoms with van der Waals surface area (Å²) in [6.07, 6.45) is 1.82. The van der Waals surface area contributed by atoms with E-state index in [4.69, 9.17) is 5.73 Å². The van der Waals surface area contributed by atoms with E-state index in [9.17, 15) is 5.26 Å². The number of hydrogen-bond acceptors (Lipinski definition) is 3. The monoisotopic (exact) mass is 338 g/mol. The van der Waals surface area contributed by atoms with Crippen molar-refractivity contribution >= 4 is 11.0 Å².